The third-order valence-corrected chi connectivity index (χ3v) is 3.74. The predicted octanol–water partition coefficient (Wildman–Crippen LogP) is 3.96. The van der Waals surface area contributed by atoms with Crippen LogP contribution in [0.3, 0.4) is 0 Å². The molecule has 0 radical (unpaired) electrons. The molecule has 0 fully saturated rings. The van der Waals surface area contributed by atoms with Crippen LogP contribution in [0.4, 0.5) is 0 Å². The van der Waals surface area contributed by atoms with Crippen LogP contribution in [0.15, 0.2) is 48.5 Å². The number of rotatable bonds is 9. The average Bonchev–Trinajstić information content (AvgIpc) is 2.65. The summed E-state index contributed by atoms with van der Waals surface area (Å²) in [5, 5.41) is 2.92. The zero-order chi connectivity index (χ0) is 18.9. The summed E-state index contributed by atoms with van der Waals surface area (Å²) in [4.78, 5) is 12.4. The van der Waals surface area contributed by atoms with E-state index in [0.717, 1.165) is 5.56 Å². The van der Waals surface area contributed by atoms with Crippen LogP contribution in [0.25, 0.3) is 0 Å². The van der Waals surface area contributed by atoms with Crippen LogP contribution >= 0.6 is 0 Å². The Bertz CT molecular complexity index is 700. The summed E-state index contributed by atoms with van der Waals surface area (Å²) in [6, 6.07) is 15.0. The van der Waals surface area contributed by atoms with E-state index in [-0.39, 0.29) is 12.0 Å². The molecular formula is C21H27NO4. The molecule has 5 heteroatoms. The van der Waals surface area contributed by atoms with Crippen molar-refractivity contribution in [2.24, 2.45) is 0 Å². The second-order valence-electron chi connectivity index (χ2n) is 6.20. The molecule has 0 heterocycles. The summed E-state index contributed by atoms with van der Waals surface area (Å²) < 4.78 is 16.9. The minimum absolute atomic E-state index is 0.0647. The average molecular weight is 357 g/mol. The van der Waals surface area contributed by atoms with Gasteiger partial charge in [-0.05, 0) is 50.1 Å². The lowest BCUT2D eigenvalue weighted by Gasteiger charge is -2.18. The van der Waals surface area contributed by atoms with Crippen molar-refractivity contribution in [1.82, 2.24) is 5.32 Å². The maximum absolute atomic E-state index is 12.4. The molecule has 2 rings (SSSR count). The summed E-state index contributed by atoms with van der Waals surface area (Å²) in [5.41, 5.74) is 0.931. The number of hydrogen-bond donors (Lipinski definition) is 1. The zero-order valence-corrected chi connectivity index (χ0v) is 15.8. The van der Waals surface area contributed by atoms with Gasteiger partial charge < -0.3 is 19.5 Å². The van der Waals surface area contributed by atoms with Gasteiger partial charge in [-0.2, -0.15) is 0 Å². The third kappa shape index (κ3) is 5.69. The topological polar surface area (TPSA) is 56.8 Å². The van der Waals surface area contributed by atoms with Gasteiger partial charge in [-0.3, -0.25) is 4.79 Å². The Labute approximate surface area is 155 Å². The van der Waals surface area contributed by atoms with Crippen LogP contribution < -0.4 is 19.5 Å². The number of para-hydroxylation sites is 1. The van der Waals surface area contributed by atoms with Crippen molar-refractivity contribution in [3.05, 3.63) is 54.1 Å². The number of ether oxygens (including phenoxy) is 3. The van der Waals surface area contributed by atoms with Crippen molar-refractivity contribution >= 4 is 5.91 Å². The van der Waals surface area contributed by atoms with Gasteiger partial charge in [0.1, 0.15) is 5.75 Å². The molecule has 26 heavy (non-hydrogen) atoms. The molecule has 0 saturated heterocycles. The Morgan fingerprint density at radius 1 is 1.04 bits per heavy atom. The van der Waals surface area contributed by atoms with E-state index in [2.05, 4.69) is 5.32 Å². The molecule has 1 amide bonds. The smallest absolute Gasteiger partial charge is 0.261 e. The maximum Gasteiger partial charge on any atom is 0.261 e. The van der Waals surface area contributed by atoms with Crippen LogP contribution in [0.1, 0.15) is 32.8 Å². The van der Waals surface area contributed by atoms with E-state index in [9.17, 15) is 4.79 Å². The standard InChI is InChI=1S/C21H27NO4/c1-5-18(26-17-9-7-6-8-10-17)21(23)22-14-16-11-12-19(25-15(2)3)20(13-16)24-4/h6-13,15,18H,5,14H2,1-4H3,(H,22,23)/t18-/m0/s1. The molecule has 0 aromatic heterocycles. The second kappa shape index (κ2) is 9.70. The molecule has 1 N–H and O–H groups in total. The fourth-order valence-electron chi connectivity index (χ4n) is 2.46. The first-order valence-electron chi connectivity index (χ1n) is 8.86. The SMILES string of the molecule is CC[C@H](Oc1ccccc1)C(=O)NCc1ccc(OC(C)C)c(OC)c1. The second-order valence-corrected chi connectivity index (χ2v) is 6.20. The molecular weight excluding hydrogens is 330 g/mol. The Morgan fingerprint density at radius 2 is 1.77 bits per heavy atom. The van der Waals surface area contributed by atoms with Gasteiger partial charge in [-0.25, -0.2) is 0 Å². The number of amides is 1. The van der Waals surface area contributed by atoms with E-state index in [4.69, 9.17) is 14.2 Å². The number of hydrogen-bond acceptors (Lipinski definition) is 4. The first-order chi connectivity index (χ1) is 12.5. The molecule has 1 atom stereocenters. The van der Waals surface area contributed by atoms with E-state index in [1.165, 1.54) is 0 Å². The van der Waals surface area contributed by atoms with E-state index < -0.39 is 6.10 Å². The lowest BCUT2D eigenvalue weighted by Crippen LogP contribution is -2.37. The van der Waals surface area contributed by atoms with Crippen molar-refractivity contribution in [2.45, 2.75) is 45.9 Å². The highest BCUT2D eigenvalue weighted by atomic mass is 16.5. The van der Waals surface area contributed by atoms with Gasteiger partial charge in [-0.15, -0.1) is 0 Å². The minimum Gasteiger partial charge on any atom is -0.493 e. The Morgan fingerprint density at radius 3 is 2.38 bits per heavy atom. The van der Waals surface area contributed by atoms with Gasteiger partial charge in [-0.1, -0.05) is 31.2 Å². The van der Waals surface area contributed by atoms with Crippen LogP contribution in [0.5, 0.6) is 17.2 Å². The van der Waals surface area contributed by atoms with Gasteiger partial charge in [0, 0.05) is 6.54 Å². The molecule has 0 aliphatic heterocycles. The van der Waals surface area contributed by atoms with Gasteiger partial charge in [0.2, 0.25) is 0 Å². The molecule has 0 spiro atoms. The van der Waals surface area contributed by atoms with E-state index >= 15 is 0 Å². The summed E-state index contributed by atoms with van der Waals surface area (Å²) >= 11 is 0. The maximum atomic E-state index is 12.4. The molecule has 0 aliphatic rings. The number of carbonyl (C=O) groups is 1. The molecule has 2 aromatic carbocycles. The van der Waals surface area contributed by atoms with Gasteiger partial charge in [0.25, 0.3) is 5.91 Å². The van der Waals surface area contributed by atoms with Crippen LogP contribution in [-0.4, -0.2) is 25.2 Å². The molecule has 0 saturated carbocycles. The van der Waals surface area contributed by atoms with Crippen LogP contribution in [0.2, 0.25) is 0 Å². The van der Waals surface area contributed by atoms with Crippen molar-refractivity contribution in [3.8, 4) is 17.2 Å². The zero-order valence-electron chi connectivity index (χ0n) is 15.8. The minimum atomic E-state index is -0.525. The number of methoxy groups -OCH3 is 1. The van der Waals surface area contributed by atoms with Crippen molar-refractivity contribution < 1.29 is 19.0 Å². The summed E-state index contributed by atoms with van der Waals surface area (Å²) in [5.74, 6) is 1.89. The highest BCUT2D eigenvalue weighted by molar-refractivity contribution is 5.81. The highest BCUT2D eigenvalue weighted by Crippen LogP contribution is 2.29. The first kappa shape index (κ1) is 19.6. The highest BCUT2D eigenvalue weighted by Gasteiger charge is 2.18. The molecule has 2 aromatic rings. The van der Waals surface area contributed by atoms with Crippen LogP contribution in [0, 0.1) is 0 Å². The quantitative estimate of drug-likeness (QED) is 0.738. The summed E-state index contributed by atoms with van der Waals surface area (Å²) in [6.45, 7) is 6.25. The summed E-state index contributed by atoms with van der Waals surface area (Å²) in [7, 11) is 1.60. The fraction of sp³-hybridized carbons (Fsp3) is 0.381. The molecule has 0 unspecified atom stereocenters. The van der Waals surface area contributed by atoms with E-state index in [0.29, 0.717) is 30.2 Å². The molecule has 140 valence electrons. The van der Waals surface area contributed by atoms with Crippen molar-refractivity contribution in [3.63, 3.8) is 0 Å². The molecule has 0 aliphatic carbocycles. The lowest BCUT2D eigenvalue weighted by molar-refractivity contribution is -0.128. The van der Waals surface area contributed by atoms with Crippen molar-refractivity contribution in [1.29, 1.82) is 0 Å². The lowest BCUT2D eigenvalue weighted by atomic mass is 10.2. The predicted molar refractivity (Wildman–Crippen MR) is 102 cm³/mol. The first-order valence-corrected chi connectivity index (χ1v) is 8.86. The van der Waals surface area contributed by atoms with Crippen molar-refractivity contribution in [2.75, 3.05) is 7.11 Å². The number of carbonyl (C=O) groups excluding carboxylic acids is 1. The third-order valence-electron chi connectivity index (χ3n) is 3.74. The molecule has 5 nitrogen and oxygen atoms in total. The number of benzene rings is 2. The van der Waals surface area contributed by atoms with Gasteiger partial charge in [0.15, 0.2) is 17.6 Å². The normalized spacial score (nSPS) is 11.7. The van der Waals surface area contributed by atoms with E-state index in [1.807, 2.05) is 69.3 Å². The Hall–Kier alpha value is -2.69. The van der Waals surface area contributed by atoms with Crippen LogP contribution in [-0.2, 0) is 11.3 Å². The van der Waals surface area contributed by atoms with Gasteiger partial charge >= 0.3 is 0 Å². The monoisotopic (exact) mass is 357 g/mol. The Balaban J connectivity index is 1.97. The number of nitrogens with one attached hydrogen (secondary N) is 1. The van der Waals surface area contributed by atoms with E-state index in [1.54, 1.807) is 7.11 Å². The summed E-state index contributed by atoms with van der Waals surface area (Å²) in [6.07, 6.45) is 0.128. The fourth-order valence-corrected chi connectivity index (χ4v) is 2.46. The van der Waals surface area contributed by atoms with Gasteiger partial charge in [0.05, 0.1) is 13.2 Å². The molecule has 0 bridgehead atoms. The largest absolute Gasteiger partial charge is 0.493 e. The Kier molecular flexibility index (Phi) is 7.33.